The van der Waals surface area contributed by atoms with E-state index < -0.39 is 0 Å². The molecule has 0 radical (unpaired) electrons. The molecule has 76 valence electrons. The highest BCUT2D eigenvalue weighted by molar-refractivity contribution is 5.66. The van der Waals surface area contributed by atoms with Gasteiger partial charge in [-0.25, -0.2) is 0 Å². The zero-order valence-electron chi connectivity index (χ0n) is 8.11. The summed E-state index contributed by atoms with van der Waals surface area (Å²) in [5, 5.41) is 3.84. The fourth-order valence-corrected chi connectivity index (χ4v) is 2.00. The molecule has 0 bridgehead atoms. The maximum Gasteiger partial charge on any atom is 0.290 e. The summed E-state index contributed by atoms with van der Waals surface area (Å²) in [7, 11) is 0. The molecule has 1 fully saturated rings. The number of nitrogens with zero attached hydrogens (tertiary/aromatic N) is 2. The number of carbonyl (C=O) groups is 1. The van der Waals surface area contributed by atoms with E-state index in [1.807, 2.05) is 0 Å². The zero-order chi connectivity index (χ0) is 9.80. The van der Waals surface area contributed by atoms with Crippen molar-refractivity contribution in [2.24, 2.45) is 0 Å². The van der Waals surface area contributed by atoms with Gasteiger partial charge in [0.1, 0.15) is 0 Å². The van der Waals surface area contributed by atoms with Gasteiger partial charge in [-0.1, -0.05) is 30.8 Å². The first-order chi connectivity index (χ1) is 6.90. The molecule has 14 heavy (non-hydrogen) atoms. The highest BCUT2D eigenvalue weighted by atomic mass is 16.5. The van der Waals surface area contributed by atoms with Crippen LogP contribution in [-0.2, 0) is 0 Å². The van der Waals surface area contributed by atoms with E-state index in [1.54, 1.807) is 0 Å². The molecule has 1 aromatic heterocycles. The van der Waals surface area contributed by atoms with Crippen molar-refractivity contribution < 1.29 is 9.32 Å². The first-order valence-electron chi connectivity index (χ1n) is 5.19. The number of carbonyl (C=O) groups excluding carboxylic acids is 1. The predicted octanol–water partition coefficient (Wildman–Crippen LogP) is 2.32. The van der Waals surface area contributed by atoms with Crippen LogP contribution in [0.1, 0.15) is 61.0 Å². The molecule has 0 unspecified atom stereocenters. The monoisotopic (exact) mass is 194 g/mol. The van der Waals surface area contributed by atoms with E-state index in [0.29, 0.717) is 18.0 Å². The molecular formula is C10H14N2O2. The lowest BCUT2D eigenvalue weighted by Gasteiger charge is -2.07. The largest absolute Gasteiger partial charge is 0.331 e. The Kier molecular flexibility index (Phi) is 2.91. The Morgan fingerprint density at radius 2 is 1.93 bits per heavy atom. The Labute approximate surface area is 82.7 Å². The van der Waals surface area contributed by atoms with Crippen molar-refractivity contribution in [2.45, 2.75) is 44.4 Å². The maximum absolute atomic E-state index is 10.4. The van der Waals surface area contributed by atoms with Gasteiger partial charge in [-0.15, -0.1) is 0 Å². The molecule has 0 aromatic carbocycles. The number of hydrogen-bond acceptors (Lipinski definition) is 4. The van der Waals surface area contributed by atoms with Crippen LogP contribution < -0.4 is 0 Å². The van der Waals surface area contributed by atoms with Crippen molar-refractivity contribution in [3.8, 4) is 0 Å². The minimum Gasteiger partial charge on any atom is -0.331 e. The normalized spacial score (nSPS) is 19.1. The molecule has 0 atom stereocenters. The molecule has 1 aliphatic rings. The highest BCUT2D eigenvalue weighted by Gasteiger charge is 2.19. The van der Waals surface area contributed by atoms with E-state index in [0.717, 1.165) is 12.8 Å². The second-order valence-corrected chi connectivity index (χ2v) is 3.80. The second-order valence-electron chi connectivity index (χ2n) is 3.80. The van der Waals surface area contributed by atoms with Gasteiger partial charge >= 0.3 is 0 Å². The summed E-state index contributed by atoms with van der Waals surface area (Å²) in [4.78, 5) is 14.4. The average Bonchev–Trinajstić information content (AvgIpc) is 2.53. The molecule has 0 N–H and O–H groups in total. The van der Waals surface area contributed by atoms with E-state index in [4.69, 9.17) is 4.52 Å². The van der Waals surface area contributed by atoms with Crippen LogP contribution in [0.2, 0.25) is 0 Å². The molecule has 1 aliphatic carbocycles. The lowest BCUT2D eigenvalue weighted by atomic mass is 10.00. The number of rotatable bonds is 2. The van der Waals surface area contributed by atoms with Crippen LogP contribution in [0, 0.1) is 0 Å². The summed E-state index contributed by atoms with van der Waals surface area (Å²) < 4.78 is 4.78. The van der Waals surface area contributed by atoms with E-state index in [1.165, 1.54) is 25.7 Å². The Morgan fingerprint density at radius 3 is 2.50 bits per heavy atom. The molecular weight excluding hydrogens is 180 g/mol. The van der Waals surface area contributed by atoms with Gasteiger partial charge < -0.3 is 4.52 Å². The Hall–Kier alpha value is -1.19. The van der Waals surface area contributed by atoms with E-state index in [9.17, 15) is 4.79 Å². The van der Waals surface area contributed by atoms with Crippen molar-refractivity contribution in [3.63, 3.8) is 0 Å². The molecule has 0 saturated heterocycles. The lowest BCUT2D eigenvalue weighted by molar-refractivity contribution is 0.108. The first-order valence-corrected chi connectivity index (χ1v) is 5.19. The lowest BCUT2D eigenvalue weighted by Crippen LogP contribution is -1.99. The third-order valence-electron chi connectivity index (χ3n) is 2.78. The molecule has 2 rings (SSSR count). The van der Waals surface area contributed by atoms with E-state index in [-0.39, 0.29) is 5.89 Å². The van der Waals surface area contributed by atoms with Gasteiger partial charge in [0.15, 0.2) is 5.82 Å². The van der Waals surface area contributed by atoms with Crippen molar-refractivity contribution in [3.05, 3.63) is 11.7 Å². The van der Waals surface area contributed by atoms with Gasteiger partial charge in [-0.3, -0.25) is 4.79 Å². The number of aromatic nitrogens is 2. The molecule has 0 amide bonds. The van der Waals surface area contributed by atoms with Gasteiger partial charge in [-0.2, -0.15) is 4.98 Å². The van der Waals surface area contributed by atoms with Crippen LogP contribution in [-0.4, -0.2) is 16.4 Å². The molecule has 0 aliphatic heterocycles. The SMILES string of the molecule is O=Cc1nc(C2CCCCCC2)no1. The van der Waals surface area contributed by atoms with Gasteiger partial charge in [0.25, 0.3) is 5.89 Å². The molecule has 1 aromatic rings. The molecule has 1 heterocycles. The number of hydrogen-bond donors (Lipinski definition) is 0. The Morgan fingerprint density at radius 1 is 1.21 bits per heavy atom. The van der Waals surface area contributed by atoms with E-state index in [2.05, 4.69) is 10.1 Å². The molecule has 0 spiro atoms. The van der Waals surface area contributed by atoms with Crippen molar-refractivity contribution in [1.29, 1.82) is 0 Å². The molecule has 1 saturated carbocycles. The smallest absolute Gasteiger partial charge is 0.290 e. The first kappa shape index (κ1) is 9.37. The minimum absolute atomic E-state index is 0.101. The van der Waals surface area contributed by atoms with Crippen molar-refractivity contribution in [1.82, 2.24) is 10.1 Å². The minimum atomic E-state index is 0.101. The summed E-state index contributed by atoms with van der Waals surface area (Å²) in [5.41, 5.74) is 0. The Bertz CT molecular complexity index is 301. The van der Waals surface area contributed by atoms with Crippen LogP contribution in [0.5, 0.6) is 0 Å². The van der Waals surface area contributed by atoms with Crippen molar-refractivity contribution >= 4 is 6.29 Å². The standard InChI is InChI=1S/C10H14N2O2/c13-7-9-11-10(12-14-9)8-5-3-1-2-4-6-8/h7-8H,1-6H2. The van der Waals surface area contributed by atoms with Crippen LogP contribution in [0.25, 0.3) is 0 Å². The Balaban J connectivity index is 2.08. The zero-order valence-corrected chi connectivity index (χ0v) is 8.11. The van der Waals surface area contributed by atoms with Crippen LogP contribution in [0.3, 0.4) is 0 Å². The maximum atomic E-state index is 10.4. The fourth-order valence-electron chi connectivity index (χ4n) is 2.00. The quantitative estimate of drug-likeness (QED) is 0.535. The van der Waals surface area contributed by atoms with Crippen LogP contribution in [0.15, 0.2) is 4.52 Å². The predicted molar refractivity (Wildman–Crippen MR) is 50.1 cm³/mol. The van der Waals surface area contributed by atoms with Gasteiger partial charge in [0.2, 0.25) is 6.29 Å². The van der Waals surface area contributed by atoms with Crippen molar-refractivity contribution in [2.75, 3.05) is 0 Å². The summed E-state index contributed by atoms with van der Waals surface area (Å²) in [6.45, 7) is 0. The van der Waals surface area contributed by atoms with Gasteiger partial charge in [0, 0.05) is 5.92 Å². The third kappa shape index (κ3) is 2.00. The number of aldehydes is 1. The third-order valence-corrected chi connectivity index (χ3v) is 2.78. The topological polar surface area (TPSA) is 56.0 Å². The van der Waals surface area contributed by atoms with Crippen LogP contribution >= 0.6 is 0 Å². The highest BCUT2D eigenvalue weighted by Crippen LogP contribution is 2.29. The summed E-state index contributed by atoms with van der Waals surface area (Å²) in [5.74, 6) is 1.22. The summed E-state index contributed by atoms with van der Waals surface area (Å²) in [6, 6.07) is 0. The fraction of sp³-hybridized carbons (Fsp3) is 0.700. The summed E-state index contributed by atoms with van der Waals surface area (Å²) >= 11 is 0. The van der Waals surface area contributed by atoms with E-state index >= 15 is 0 Å². The summed E-state index contributed by atoms with van der Waals surface area (Å²) in [6.07, 6.45) is 7.91. The molecule has 4 nitrogen and oxygen atoms in total. The van der Waals surface area contributed by atoms with Gasteiger partial charge in [-0.05, 0) is 12.8 Å². The van der Waals surface area contributed by atoms with Gasteiger partial charge in [0.05, 0.1) is 0 Å². The van der Waals surface area contributed by atoms with Crippen LogP contribution in [0.4, 0.5) is 0 Å². The molecule has 4 heteroatoms. The second kappa shape index (κ2) is 4.35. The average molecular weight is 194 g/mol.